The molecule has 1 N–H and O–H groups in total. The standard InChI is InChI=1S/C16H22N2O5/c1-16(2,3)23-13(19)9-8-12(15(21)22-4)18-14(20)11-7-5-6-10-17-11/h5-7,10,12H,8-9H2,1-4H3,(H,18,20)/t12-/m1/s1. The van der Waals surface area contributed by atoms with Crippen LogP contribution in [-0.4, -0.2) is 41.6 Å². The Kier molecular flexibility index (Phi) is 6.68. The summed E-state index contributed by atoms with van der Waals surface area (Å²) in [6.07, 6.45) is 1.54. The lowest BCUT2D eigenvalue weighted by Crippen LogP contribution is -2.42. The molecule has 1 heterocycles. The molecule has 7 heteroatoms. The lowest BCUT2D eigenvalue weighted by Gasteiger charge is -2.21. The number of hydrogen-bond acceptors (Lipinski definition) is 6. The van der Waals surface area contributed by atoms with E-state index in [4.69, 9.17) is 4.74 Å². The molecule has 1 aromatic rings. The van der Waals surface area contributed by atoms with E-state index in [1.807, 2.05) is 0 Å². The van der Waals surface area contributed by atoms with Crippen molar-refractivity contribution in [1.29, 1.82) is 0 Å². The van der Waals surface area contributed by atoms with Gasteiger partial charge in [0.2, 0.25) is 0 Å². The number of nitrogens with one attached hydrogen (secondary N) is 1. The molecule has 0 aliphatic heterocycles. The quantitative estimate of drug-likeness (QED) is 0.797. The lowest BCUT2D eigenvalue weighted by atomic mass is 10.1. The van der Waals surface area contributed by atoms with Gasteiger partial charge in [-0.1, -0.05) is 6.07 Å². The molecule has 23 heavy (non-hydrogen) atoms. The highest BCUT2D eigenvalue weighted by atomic mass is 16.6. The van der Waals surface area contributed by atoms with Crippen LogP contribution in [0.1, 0.15) is 44.1 Å². The average molecular weight is 322 g/mol. The summed E-state index contributed by atoms with van der Waals surface area (Å²) in [5, 5.41) is 2.52. The molecule has 1 amide bonds. The highest BCUT2D eigenvalue weighted by Gasteiger charge is 2.25. The Labute approximate surface area is 135 Å². The molecular weight excluding hydrogens is 300 g/mol. The molecular formula is C16H22N2O5. The predicted octanol–water partition coefficient (Wildman–Crippen LogP) is 1.47. The monoisotopic (exact) mass is 322 g/mol. The number of methoxy groups -OCH3 is 1. The first-order valence-electron chi connectivity index (χ1n) is 7.24. The van der Waals surface area contributed by atoms with Crippen LogP contribution in [0.15, 0.2) is 24.4 Å². The third kappa shape index (κ3) is 6.90. The molecule has 7 nitrogen and oxygen atoms in total. The van der Waals surface area contributed by atoms with Crippen LogP contribution in [0.25, 0.3) is 0 Å². The van der Waals surface area contributed by atoms with Gasteiger partial charge in [0.25, 0.3) is 5.91 Å². The van der Waals surface area contributed by atoms with Gasteiger partial charge in [-0.15, -0.1) is 0 Å². The van der Waals surface area contributed by atoms with Gasteiger partial charge in [-0.05, 0) is 39.3 Å². The summed E-state index contributed by atoms with van der Waals surface area (Å²) in [6, 6.07) is 3.92. The van der Waals surface area contributed by atoms with Crippen LogP contribution < -0.4 is 5.32 Å². The van der Waals surface area contributed by atoms with E-state index < -0.39 is 29.5 Å². The van der Waals surface area contributed by atoms with Gasteiger partial charge in [0, 0.05) is 12.6 Å². The number of aromatic nitrogens is 1. The number of esters is 2. The van der Waals surface area contributed by atoms with Crippen LogP contribution >= 0.6 is 0 Å². The second-order valence-electron chi connectivity index (χ2n) is 5.89. The van der Waals surface area contributed by atoms with Crippen molar-refractivity contribution in [2.45, 2.75) is 45.3 Å². The minimum atomic E-state index is -0.943. The Balaban J connectivity index is 2.65. The van der Waals surface area contributed by atoms with Crippen molar-refractivity contribution in [3.63, 3.8) is 0 Å². The summed E-state index contributed by atoms with van der Waals surface area (Å²) < 4.78 is 9.83. The van der Waals surface area contributed by atoms with E-state index in [9.17, 15) is 14.4 Å². The summed E-state index contributed by atoms with van der Waals surface area (Å²) in [7, 11) is 1.22. The fourth-order valence-corrected chi connectivity index (χ4v) is 1.78. The van der Waals surface area contributed by atoms with E-state index in [0.717, 1.165) is 0 Å². The number of rotatable bonds is 6. The largest absolute Gasteiger partial charge is 0.467 e. The SMILES string of the molecule is COC(=O)[C@@H](CCC(=O)OC(C)(C)C)NC(=O)c1ccccn1. The predicted molar refractivity (Wildman–Crippen MR) is 82.6 cm³/mol. The summed E-state index contributed by atoms with van der Waals surface area (Å²) in [6.45, 7) is 5.27. The molecule has 0 unspecified atom stereocenters. The topological polar surface area (TPSA) is 94.6 Å². The van der Waals surface area contributed by atoms with E-state index >= 15 is 0 Å². The third-order valence-electron chi connectivity index (χ3n) is 2.75. The van der Waals surface area contributed by atoms with Crippen molar-refractivity contribution < 1.29 is 23.9 Å². The Hall–Kier alpha value is -2.44. The number of ether oxygens (including phenoxy) is 2. The maximum Gasteiger partial charge on any atom is 0.328 e. The molecule has 0 saturated heterocycles. The summed E-state index contributed by atoms with van der Waals surface area (Å²) in [5.74, 6) is -1.58. The molecule has 0 aliphatic rings. The fourth-order valence-electron chi connectivity index (χ4n) is 1.78. The molecule has 0 aromatic carbocycles. The molecule has 0 radical (unpaired) electrons. The van der Waals surface area contributed by atoms with Crippen molar-refractivity contribution in [3.05, 3.63) is 30.1 Å². The van der Waals surface area contributed by atoms with Crippen molar-refractivity contribution in [1.82, 2.24) is 10.3 Å². The first-order chi connectivity index (χ1) is 10.7. The first kappa shape index (κ1) is 18.6. The van der Waals surface area contributed by atoms with Crippen LogP contribution in [0.2, 0.25) is 0 Å². The van der Waals surface area contributed by atoms with Crippen LogP contribution in [0.3, 0.4) is 0 Å². The smallest absolute Gasteiger partial charge is 0.328 e. The maximum absolute atomic E-state index is 12.1. The van der Waals surface area contributed by atoms with E-state index in [0.29, 0.717) is 0 Å². The second-order valence-corrected chi connectivity index (χ2v) is 5.89. The number of hydrogen-bond donors (Lipinski definition) is 1. The highest BCUT2D eigenvalue weighted by Crippen LogP contribution is 2.11. The van der Waals surface area contributed by atoms with Gasteiger partial charge >= 0.3 is 11.9 Å². The number of nitrogens with zero attached hydrogens (tertiary/aromatic N) is 1. The molecule has 0 aliphatic carbocycles. The minimum Gasteiger partial charge on any atom is -0.467 e. The normalized spacial score (nSPS) is 12.2. The van der Waals surface area contributed by atoms with Gasteiger partial charge < -0.3 is 14.8 Å². The number of pyridine rings is 1. The third-order valence-corrected chi connectivity index (χ3v) is 2.75. The molecule has 0 fully saturated rings. The highest BCUT2D eigenvalue weighted by molar-refractivity contribution is 5.95. The Morgan fingerprint density at radius 3 is 2.48 bits per heavy atom. The van der Waals surface area contributed by atoms with Gasteiger partial charge in [-0.25, -0.2) is 4.79 Å². The van der Waals surface area contributed by atoms with Gasteiger partial charge in [0.05, 0.1) is 7.11 Å². The number of carbonyl (C=O) groups is 3. The molecule has 1 rings (SSSR count). The molecule has 126 valence electrons. The van der Waals surface area contributed by atoms with Gasteiger partial charge in [-0.2, -0.15) is 0 Å². The first-order valence-corrected chi connectivity index (χ1v) is 7.24. The van der Waals surface area contributed by atoms with Crippen LogP contribution in [0.4, 0.5) is 0 Å². The van der Waals surface area contributed by atoms with E-state index in [1.165, 1.54) is 19.4 Å². The molecule has 1 aromatic heterocycles. The van der Waals surface area contributed by atoms with Gasteiger partial charge in [0.15, 0.2) is 0 Å². The number of amides is 1. The zero-order valence-electron chi connectivity index (χ0n) is 13.8. The zero-order chi connectivity index (χ0) is 17.5. The fraction of sp³-hybridized carbons (Fsp3) is 0.500. The average Bonchev–Trinajstić information content (AvgIpc) is 2.49. The van der Waals surface area contributed by atoms with Crippen LogP contribution in [0.5, 0.6) is 0 Å². The Morgan fingerprint density at radius 1 is 1.26 bits per heavy atom. The molecule has 0 spiro atoms. The van der Waals surface area contributed by atoms with Gasteiger partial charge in [-0.3, -0.25) is 14.6 Å². The van der Waals surface area contributed by atoms with Crippen molar-refractivity contribution in [2.75, 3.05) is 7.11 Å². The maximum atomic E-state index is 12.1. The van der Waals surface area contributed by atoms with Crippen molar-refractivity contribution in [2.24, 2.45) is 0 Å². The molecule has 0 saturated carbocycles. The summed E-state index contributed by atoms with van der Waals surface area (Å²) >= 11 is 0. The lowest BCUT2D eigenvalue weighted by molar-refractivity contribution is -0.155. The molecule has 0 bridgehead atoms. The van der Waals surface area contributed by atoms with Gasteiger partial charge in [0.1, 0.15) is 17.3 Å². The Morgan fingerprint density at radius 2 is 1.96 bits per heavy atom. The zero-order valence-corrected chi connectivity index (χ0v) is 13.8. The number of carbonyl (C=O) groups excluding carboxylic acids is 3. The minimum absolute atomic E-state index is 0.0144. The van der Waals surface area contributed by atoms with Crippen molar-refractivity contribution in [3.8, 4) is 0 Å². The summed E-state index contributed by atoms with van der Waals surface area (Å²) in [5.41, 5.74) is -0.423. The molecule has 1 atom stereocenters. The van der Waals surface area contributed by atoms with E-state index in [1.54, 1.807) is 32.9 Å². The second kappa shape index (κ2) is 8.26. The Bertz CT molecular complexity index is 551. The van der Waals surface area contributed by atoms with E-state index in [2.05, 4.69) is 15.0 Å². The van der Waals surface area contributed by atoms with E-state index in [-0.39, 0.29) is 18.5 Å². The van der Waals surface area contributed by atoms with Crippen molar-refractivity contribution >= 4 is 17.8 Å². The summed E-state index contributed by atoms with van der Waals surface area (Å²) in [4.78, 5) is 39.5. The van der Waals surface area contributed by atoms with Crippen LogP contribution in [0, 0.1) is 0 Å². The van der Waals surface area contributed by atoms with Crippen LogP contribution in [-0.2, 0) is 19.1 Å².